The zero-order chi connectivity index (χ0) is 13.8. The number of aryl methyl sites for hydroxylation is 1. The zero-order valence-corrected chi connectivity index (χ0v) is 11.2. The highest BCUT2D eigenvalue weighted by atomic mass is 16.3. The fourth-order valence-electron chi connectivity index (χ4n) is 2.36. The lowest BCUT2D eigenvalue weighted by Crippen LogP contribution is -2.02. The van der Waals surface area contributed by atoms with E-state index in [2.05, 4.69) is 17.1 Å². The van der Waals surface area contributed by atoms with E-state index >= 15 is 0 Å². The van der Waals surface area contributed by atoms with E-state index in [4.69, 9.17) is 0 Å². The molecule has 0 fully saturated rings. The Labute approximate surface area is 118 Å². The molecular weight excluding hydrogens is 246 g/mol. The standard InChI is InChI=1S/C18H17NO/c20-18(13-10-14-6-2-1-3-7-14)17-12-11-15-8-4-5-9-16(15)19-17/h1-9,11-12,18,20H,10,13H2. The SMILES string of the molecule is OC(CCc1ccccc1)c1ccc2ccccc2n1. The van der Waals surface area contributed by atoms with Gasteiger partial charge in [0.15, 0.2) is 0 Å². The maximum Gasteiger partial charge on any atom is 0.0963 e. The van der Waals surface area contributed by atoms with Gasteiger partial charge in [-0.1, -0.05) is 54.6 Å². The maximum absolute atomic E-state index is 10.3. The second-order valence-corrected chi connectivity index (χ2v) is 4.97. The third-order valence-corrected chi connectivity index (χ3v) is 3.51. The molecule has 0 aliphatic rings. The van der Waals surface area contributed by atoms with Gasteiger partial charge in [0.25, 0.3) is 0 Å². The first-order valence-electron chi connectivity index (χ1n) is 6.90. The Morgan fingerprint density at radius 2 is 1.60 bits per heavy atom. The molecular formula is C18H17NO. The van der Waals surface area contributed by atoms with Crippen molar-refractivity contribution in [2.45, 2.75) is 18.9 Å². The van der Waals surface area contributed by atoms with E-state index in [-0.39, 0.29) is 0 Å². The fourth-order valence-corrected chi connectivity index (χ4v) is 2.36. The average Bonchev–Trinajstić information content (AvgIpc) is 2.53. The van der Waals surface area contributed by atoms with E-state index in [0.717, 1.165) is 23.0 Å². The van der Waals surface area contributed by atoms with Gasteiger partial charge in [-0.2, -0.15) is 0 Å². The van der Waals surface area contributed by atoms with Crippen molar-refractivity contribution in [3.05, 3.63) is 78.0 Å². The van der Waals surface area contributed by atoms with Crippen LogP contribution in [0, 0.1) is 0 Å². The number of aromatic nitrogens is 1. The van der Waals surface area contributed by atoms with Crippen molar-refractivity contribution in [2.75, 3.05) is 0 Å². The van der Waals surface area contributed by atoms with E-state index in [1.54, 1.807) is 0 Å². The van der Waals surface area contributed by atoms with Crippen molar-refractivity contribution >= 4 is 10.9 Å². The highest BCUT2D eigenvalue weighted by Crippen LogP contribution is 2.20. The van der Waals surface area contributed by atoms with E-state index in [1.165, 1.54) is 5.56 Å². The highest BCUT2D eigenvalue weighted by Gasteiger charge is 2.09. The number of fused-ring (bicyclic) bond motifs is 1. The monoisotopic (exact) mass is 263 g/mol. The van der Waals surface area contributed by atoms with Crippen molar-refractivity contribution in [3.8, 4) is 0 Å². The molecule has 3 aromatic rings. The summed E-state index contributed by atoms with van der Waals surface area (Å²) in [5.41, 5.74) is 2.93. The second-order valence-electron chi connectivity index (χ2n) is 4.97. The zero-order valence-electron chi connectivity index (χ0n) is 11.2. The molecule has 2 heteroatoms. The number of rotatable bonds is 4. The van der Waals surface area contributed by atoms with E-state index < -0.39 is 6.10 Å². The normalized spacial score (nSPS) is 12.4. The minimum atomic E-state index is -0.514. The molecule has 100 valence electrons. The number of para-hydroxylation sites is 1. The van der Waals surface area contributed by atoms with Crippen molar-refractivity contribution in [1.29, 1.82) is 0 Å². The molecule has 1 heterocycles. The smallest absolute Gasteiger partial charge is 0.0963 e. The molecule has 3 rings (SSSR count). The molecule has 2 aromatic carbocycles. The van der Waals surface area contributed by atoms with E-state index in [1.807, 2.05) is 54.6 Å². The van der Waals surface area contributed by atoms with Gasteiger partial charge in [0.05, 0.1) is 17.3 Å². The van der Waals surface area contributed by atoms with Gasteiger partial charge in [-0.3, -0.25) is 4.98 Å². The molecule has 2 nitrogen and oxygen atoms in total. The van der Waals surface area contributed by atoms with E-state index in [9.17, 15) is 5.11 Å². The largest absolute Gasteiger partial charge is 0.387 e. The van der Waals surface area contributed by atoms with E-state index in [0.29, 0.717) is 6.42 Å². The molecule has 0 spiro atoms. The lowest BCUT2D eigenvalue weighted by Gasteiger charge is -2.11. The molecule has 0 amide bonds. The third-order valence-electron chi connectivity index (χ3n) is 3.51. The lowest BCUT2D eigenvalue weighted by molar-refractivity contribution is 0.163. The Kier molecular flexibility index (Phi) is 3.75. The molecule has 20 heavy (non-hydrogen) atoms. The quantitative estimate of drug-likeness (QED) is 0.774. The van der Waals surface area contributed by atoms with Crippen LogP contribution in [0.3, 0.4) is 0 Å². The first kappa shape index (κ1) is 12.8. The minimum absolute atomic E-state index is 0.514. The predicted molar refractivity (Wildman–Crippen MR) is 81.5 cm³/mol. The summed E-state index contributed by atoms with van der Waals surface area (Å²) in [5.74, 6) is 0. The van der Waals surface area contributed by atoms with Crippen LogP contribution >= 0.6 is 0 Å². The summed E-state index contributed by atoms with van der Waals surface area (Å²) in [6.07, 6.45) is 1.03. The molecule has 0 saturated heterocycles. The first-order valence-corrected chi connectivity index (χ1v) is 6.90. The summed E-state index contributed by atoms with van der Waals surface area (Å²) in [6, 6.07) is 22.1. The molecule has 1 unspecified atom stereocenters. The van der Waals surface area contributed by atoms with Crippen LogP contribution in [0.25, 0.3) is 10.9 Å². The molecule has 1 atom stereocenters. The van der Waals surface area contributed by atoms with Gasteiger partial charge in [0.1, 0.15) is 0 Å². The molecule has 0 bridgehead atoms. The minimum Gasteiger partial charge on any atom is -0.387 e. The topological polar surface area (TPSA) is 33.1 Å². The van der Waals surface area contributed by atoms with Crippen LogP contribution in [0.15, 0.2) is 66.7 Å². The molecule has 0 aliphatic carbocycles. The Morgan fingerprint density at radius 1 is 0.850 bits per heavy atom. The van der Waals surface area contributed by atoms with Crippen molar-refractivity contribution in [1.82, 2.24) is 4.98 Å². The van der Waals surface area contributed by atoms with Gasteiger partial charge >= 0.3 is 0 Å². The number of nitrogens with zero attached hydrogens (tertiary/aromatic N) is 1. The number of aliphatic hydroxyl groups excluding tert-OH is 1. The first-order chi connectivity index (χ1) is 9.83. The molecule has 1 aromatic heterocycles. The van der Waals surface area contributed by atoms with Crippen LogP contribution in [0.4, 0.5) is 0 Å². The Hall–Kier alpha value is -2.19. The van der Waals surface area contributed by atoms with Gasteiger partial charge in [0, 0.05) is 5.39 Å². The fraction of sp³-hybridized carbons (Fsp3) is 0.167. The maximum atomic E-state index is 10.3. The second kappa shape index (κ2) is 5.85. The van der Waals surface area contributed by atoms with Gasteiger partial charge in [-0.05, 0) is 30.5 Å². The number of aliphatic hydroxyl groups is 1. The van der Waals surface area contributed by atoms with Crippen molar-refractivity contribution in [3.63, 3.8) is 0 Å². The summed E-state index contributed by atoms with van der Waals surface area (Å²) in [7, 11) is 0. The summed E-state index contributed by atoms with van der Waals surface area (Å²) >= 11 is 0. The van der Waals surface area contributed by atoms with Crippen LogP contribution in [-0.2, 0) is 6.42 Å². The van der Waals surface area contributed by atoms with Crippen LogP contribution in [0.1, 0.15) is 23.8 Å². The van der Waals surface area contributed by atoms with Crippen molar-refractivity contribution < 1.29 is 5.11 Å². The summed E-state index contributed by atoms with van der Waals surface area (Å²) < 4.78 is 0. The predicted octanol–water partition coefficient (Wildman–Crippen LogP) is 3.90. The summed E-state index contributed by atoms with van der Waals surface area (Å²) in [5, 5.41) is 11.4. The van der Waals surface area contributed by atoms with Crippen LogP contribution in [0.2, 0.25) is 0 Å². The molecule has 0 aliphatic heterocycles. The highest BCUT2D eigenvalue weighted by molar-refractivity contribution is 5.78. The van der Waals surface area contributed by atoms with Gasteiger partial charge in [-0.25, -0.2) is 0 Å². The molecule has 1 N–H and O–H groups in total. The lowest BCUT2D eigenvalue weighted by atomic mass is 10.0. The van der Waals surface area contributed by atoms with Crippen molar-refractivity contribution in [2.24, 2.45) is 0 Å². The Balaban J connectivity index is 1.73. The van der Waals surface area contributed by atoms with Gasteiger partial charge in [0.2, 0.25) is 0 Å². The average molecular weight is 263 g/mol. The third kappa shape index (κ3) is 2.86. The van der Waals surface area contributed by atoms with Crippen LogP contribution < -0.4 is 0 Å². The molecule has 0 saturated carbocycles. The number of benzene rings is 2. The van der Waals surface area contributed by atoms with Gasteiger partial charge < -0.3 is 5.11 Å². The number of hydrogen-bond donors (Lipinski definition) is 1. The Morgan fingerprint density at radius 3 is 2.45 bits per heavy atom. The number of pyridine rings is 1. The summed E-state index contributed by atoms with van der Waals surface area (Å²) in [6.45, 7) is 0. The molecule has 0 radical (unpaired) electrons. The van der Waals surface area contributed by atoms with Crippen LogP contribution in [-0.4, -0.2) is 10.1 Å². The number of hydrogen-bond acceptors (Lipinski definition) is 2. The summed E-state index contributed by atoms with van der Waals surface area (Å²) in [4.78, 5) is 4.54. The van der Waals surface area contributed by atoms with Crippen LogP contribution in [0.5, 0.6) is 0 Å². The van der Waals surface area contributed by atoms with Gasteiger partial charge in [-0.15, -0.1) is 0 Å². The Bertz CT molecular complexity index is 694.